The van der Waals surface area contributed by atoms with Crippen LogP contribution < -0.4 is 0 Å². The molecular weight excluding hydrogens is 420 g/mol. The predicted molar refractivity (Wildman–Crippen MR) is 99.5 cm³/mol. The number of carbonyl (C=O) groups is 1. The molecule has 2 aromatic carbocycles. The summed E-state index contributed by atoms with van der Waals surface area (Å²) in [7, 11) is 0. The van der Waals surface area contributed by atoms with Crippen LogP contribution in [0, 0.1) is 5.92 Å². The minimum atomic E-state index is -0.125. The number of halogens is 2. The number of hydrogen-bond acceptors (Lipinski definition) is 2. The summed E-state index contributed by atoms with van der Waals surface area (Å²) in [4.78, 5) is 11.9. The molecule has 0 saturated heterocycles. The number of hydrogen-bond donors (Lipinski definition) is 0. The number of carbonyl (C=O) groups excluding carboxylic acids is 1. The second-order valence-electron chi connectivity index (χ2n) is 5.93. The average Bonchev–Trinajstić information content (AvgIpc) is 2.79. The zero-order valence-corrected chi connectivity index (χ0v) is 16.3. The summed E-state index contributed by atoms with van der Waals surface area (Å²) in [6.45, 7) is 4.40. The molecule has 2 aromatic rings. The molecule has 1 unspecified atom stereocenters. The third-order valence-electron chi connectivity index (χ3n) is 4.35. The molecule has 0 spiro atoms. The maximum atomic E-state index is 11.9. The highest BCUT2D eigenvalue weighted by Crippen LogP contribution is 2.50. The van der Waals surface area contributed by atoms with Crippen LogP contribution in [0.4, 0.5) is 0 Å². The number of rotatable bonds is 4. The number of esters is 1. The first-order valence-electron chi connectivity index (χ1n) is 7.76. The second kappa shape index (κ2) is 6.78. The lowest BCUT2D eigenvalue weighted by Gasteiger charge is -2.21. The molecule has 0 N–H and O–H groups in total. The van der Waals surface area contributed by atoms with E-state index in [4.69, 9.17) is 4.74 Å². The molecule has 1 atom stereocenters. The van der Waals surface area contributed by atoms with Crippen molar-refractivity contribution in [1.82, 2.24) is 0 Å². The summed E-state index contributed by atoms with van der Waals surface area (Å²) < 4.78 is 7.27. The molecule has 0 amide bonds. The van der Waals surface area contributed by atoms with E-state index in [0.29, 0.717) is 13.0 Å². The zero-order valence-electron chi connectivity index (χ0n) is 13.1. The van der Waals surface area contributed by atoms with Gasteiger partial charge in [-0.3, -0.25) is 4.79 Å². The van der Waals surface area contributed by atoms with Gasteiger partial charge in [-0.1, -0.05) is 50.9 Å². The highest BCUT2D eigenvalue weighted by molar-refractivity contribution is 9.10. The monoisotopic (exact) mass is 436 g/mol. The lowest BCUT2D eigenvalue weighted by Crippen LogP contribution is -2.15. The molecular formula is C19H18Br2O2. The topological polar surface area (TPSA) is 26.3 Å². The van der Waals surface area contributed by atoms with Crippen LogP contribution in [-0.2, 0) is 9.53 Å². The lowest BCUT2D eigenvalue weighted by molar-refractivity contribution is -0.144. The highest BCUT2D eigenvalue weighted by atomic mass is 79.9. The van der Waals surface area contributed by atoms with Crippen molar-refractivity contribution < 1.29 is 9.53 Å². The molecule has 1 aliphatic rings. The van der Waals surface area contributed by atoms with E-state index in [1.807, 2.05) is 6.92 Å². The van der Waals surface area contributed by atoms with Crippen molar-refractivity contribution in [2.45, 2.75) is 26.2 Å². The molecule has 23 heavy (non-hydrogen) atoms. The van der Waals surface area contributed by atoms with Crippen molar-refractivity contribution in [3.63, 3.8) is 0 Å². The molecule has 0 aromatic heterocycles. The van der Waals surface area contributed by atoms with Crippen molar-refractivity contribution in [3.05, 3.63) is 56.5 Å². The first-order valence-corrected chi connectivity index (χ1v) is 9.34. The fourth-order valence-corrected chi connectivity index (χ4v) is 4.21. The largest absolute Gasteiger partial charge is 0.466 e. The summed E-state index contributed by atoms with van der Waals surface area (Å²) in [6.07, 6.45) is 0.427. The van der Waals surface area contributed by atoms with Crippen LogP contribution in [0.25, 0.3) is 11.1 Å². The third-order valence-corrected chi connectivity index (χ3v) is 5.34. The van der Waals surface area contributed by atoms with Gasteiger partial charge in [0, 0.05) is 21.3 Å². The van der Waals surface area contributed by atoms with Gasteiger partial charge in [0.05, 0.1) is 6.61 Å². The van der Waals surface area contributed by atoms with Gasteiger partial charge in [-0.15, -0.1) is 0 Å². The van der Waals surface area contributed by atoms with Gasteiger partial charge in [0.25, 0.3) is 0 Å². The highest BCUT2D eigenvalue weighted by Gasteiger charge is 2.33. The van der Waals surface area contributed by atoms with Crippen LogP contribution in [0.15, 0.2) is 45.3 Å². The third kappa shape index (κ3) is 3.24. The van der Waals surface area contributed by atoms with Gasteiger partial charge < -0.3 is 4.74 Å². The van der Waals surface area contributed by atoms with Crippen LogP contribution in [0.1, 0.15) is 37.3 Å². The van der Waals surface area contributed by atoms with Gasteiger partial charge in [-0.2, -0.15) is 0 Å². The van der Waals surface area contributed by atoms with Gasteiger partial charge in [-0.25, -0.2) is 0 Å². The van der Waals surface area contributed by atoms with Crippen LogP contribution in [0.5, 0.6) is 0 Å². The minimum absolute atomic E-state index is 0.125. The van der Waals surface area contributed by atoms with Gasteiger partial charge in [-0.05, 0) is 59.4 Å². The van der Waals surface area contributed by atoms with Crippen molar-refractivity contribution in [1.29, 1.82) is 0 Å². The smallest absolute Gasteiger partial charge is 0.306 e. The standard InChI is InChI=1S/C19H18Br2O2/c1-3-23-18(22)8-11(2)19-16-9-12(20)4-6-14(16)15-7-5-13(21)10-17(15)19/h4-7,9-11,19H,3,8H2,1-2H3. The molecule has 0 fully saturated rings. The zero-order chi connectivity index (χ0) is 16.6. The number of fused-ring (bicyclic) bond motifs is 3. The van der Waals surface area contributed by atoms with E-state index >= 15 is 0 Å². The van der Waals surface area contributed by atoms with Crippen LogP contribution in [-0.4, -0.2) is 12.6 Å². The summed E-state index contributed by atoms with van der Waals surface area (Å²) in [6, 6.07) is 12.8. The fourth-order valence-electron chi connectivity index (χ4n) is 3.45. The Kier molecular flexibility index (Phi) is 4.93. The summed E-state index contributed by atoms with van der Waals surface area (Å²) in [5.74, 6) is 0.261. The van der Waals surface area contributed by atoms with Crippen molar-refractivity contribution in [2.24, 2.45) is 5.92 Å². The van der Waals surface area contributed by atoms with Crippen molar-refractivity contribution in [3.8, 4) is 11.1 Å². The summed E-state index contributed by atoms with van der Waals surface area (Å²) >= 11 is 7.15. The summed E-state index contributed by atoms with van der Waals surface area (Å²) in [5.41, 5.74) is 5.08. The molecule has 120 valence electrons. The number of ether oxygens (including phenoxy) is 1. The van der Waals surface area contributed by atoms with Gasteiger partial charge in [0.15, 0.2) is 0 Å². The average molecular weight is 438 g/mol. The van der Waals surface area contributed by atoms with Gasteiger partial charge in [0.2, 0.25) is 0 Å². The lowest BCUT2D eigenvalue weighted by atomic mass is 9.83. The second-order valence-corrected chi connectivity index (χ2v) is 7.76. The molecule has 0 radical (unpaired) electrons. The molecule has 0 bridgehead atoms. The Morgan fingerprint density at radius 3 is 2.09 bits per heavy atom. The predicted octanol–water partition coefficient (Wildman–Crippen LogP) is 5.91. The van der Waals surface area contributed by atoms with E-state index < -0.39 is 0 Å². The first-order chi connectivity index (χ1) is 11.0. The van der Waals surface area contributed by atoms with Crippen LogP contribution in [0.3, 0.4) is 0 Å². The fraction of sp³-hybridized carbons (Fsp3) is 0.316. The van der Waals surface area contributed by atoms with E-state index in [1.165, 1.54) is 22.3 Å². The molecule has 4 heteroatoms. The Morgan fingerprint density at radius 2 is 1.61 bits per heavy atom. The molecule has 0 heterocycles. The Bertz CT molecular complexity index is 704. The maximum Gasteiger partial charge on any atom is 0.306 e. The van der Waals surface area contributed by atoms with Crippen molar-refractivity contribution in [2.75, 3.05) is 6.61 Å². The minimum Gasteiger partial charge on any atom is -0.466 e. The molecule has 0 aliphatic heterocycles. The maximum absolute atomic E-state index is 11.9. The molecule has 2 nitrogen and oxygen atoms in total. The van der Waals surface area contributed by atoms with Crippen molar-refractivity contribution >= 4 is 37.8 Å². The quantitative estimate of drug-likeness (QED) is 0.555. The summed E-state index contributed by atoms with van der Waals surface area (Å²) in [5, 5.41) is 0. The van der Waals surface area contributed by atoms with E-state index in [1.54, 1.807) is 0 Å². The Hall–Kier alpha value is -1.13. The van der Waals surface area contributed by atoms with E-state index in [2.05, 4.69) is 75.2 Å². The SMILES string of the molecule is CCOC(=O)CC(C)C1c2cc(Br)ccc2-c2ccc(Br)cc21. The number of benzene rings is 2. The molecule has 3 rings (SSSR count). The van der Waals surface area contributed by atoms with E-state index in [-0.39, 0.29) is 17.8 Å². The first kappa shape index (κ1) is 16.7. The van der Waals surface area contributed by atoms with Crippen LogP contribution in [0.2, 0.25) is 0 Å². The van der Waals surface area contributed by atoms with Crippen LogP contribution >= 0.6 is 31.9 Å². The molecule has 1 aliphatic carbocycles. The Balaban J connectivity index is 2.04. The Morgan fingerprint density at radius 1 is 1.09 bits per heavy atom. The van der Waals surface area contributed by atoms with Gasteiger partial charge in [0.1, 0.15) is 0 Å². The van der Waals surface area contributed by atoms with E-state index in [9.17, 15) is 4.79 Å². The normalized spacial score (nSPS) is 14.3. The van der Waals surface area contributed by atoms with Gasteiger partial charge >= 0.3 is 5.97 Å². The Labute approximate surface area is 153 Å². The van der Waals surface area contributed by atoms with E-state index in [0.717, 1.165) is 8.95 Å². The molecule has 0 saturated carbocycles.